The predicted octanol–water partition coefficient (Wildman–Crippen LogP) is 5.36. The predicted molar refractivity (Wildman–Crippen MR) is 130 cm³/mol. The third-order valence-electron chi connectivity index (χ3n) is 6.68. The average molecular weight is 467 g/mol. The molecule has 0 radical (unpaired) electrons. The molecule has 5 nitrogen and oxygen atoms in total. The van der Waals surface area contributed by atoms with Gasteiger partial charge in [-0.3, -0.25) is 4.79 Å². The lowest BCUT2D eigenvalue weighted by molar-refractivity contribution is -0.120. The van der Waals surface area contributed by atoms with Crippen LogP contribution in [0.4, 0.5) is 4.39 Å². The lowest BCUT2D eigenvalue weighted by Gasteiger charge is -2.34. The zero-order valence-electron chi connectivity index (χ0n) is 19.2. The van der Waals surface area contributed by atoms with E-state index in [1.165, 1.54) is 29.8 Å². The van der Waals surface area contributed by atoms with Gasteiger partial charge >= 0.3 is 0 Å². The Bertz CT molecular complexity index is 1070. The Morgan fingerprint density at radius 1 is 1.09 bits per heavy atom. The normalized spacial score (nSPS) is 20.5. The van der Waals surface area contributed by atoms with Crippen molar-refractivity contribution in [3.63, 3.8) is 0 Å². The SMILES string of the molecule is C[C@H]1[C@H](C)CCC[C@@H]1NC(=O)CSc1nnc(-c2ccccc2F)n1CCc1ccccc1. The van der Waals surface area contributed by atoms with Crippen molar-refractivity contribution in [2.75, 3.05) is 5.75 Å². The first-order chi connectivity index (χ1) is 16.0. The van der Waals surface area contributed by atoms with E-state index in [9.17, 15) is 9.18 Å². The minimum atomic E-state index is -0.333. The number of hydrogen-bond donors (Lipinski definition) is 1. The molecule has 3 aromatic rings. The van der Waals surface area contributed by atoms with Gasteiger partial charge in [-0.15, -0.1) is 10.2 Å². The molecule has 1 aromatic heterocycles. The van der Waals surface area contributed by atoms with Crippen molar-refractivity contribution in [3.05, 3.63) is 66.0 Å². The Morgan fingerprint density at radius 2 is 1.85 bits per heavy atom. The molecule has 0 aliphatic heterocycles. The first kappa shape index (κ1) is 23.5. The largest absolute Gasteiger partial charge is 0.352 e. The molecule has 4 rings (SSSR count). The van der Waals surface area contributed by atoms with Gasteiger partial charge in [0, 0.05) is 12.6 Å². The number of nitrogens with one attached hydrogen (secondary N) is 1. The molecule has 0 unspecified atom stereocenters. The summed E-state index contributed by atoms with van der Waals surface area (Å²) < 4.78 is 16.4. The standard InChI is InChI=1S/C26H31FN4OS/c1-18-9-8-14-23(19(18)2)28-24(32)17-33-26-30-29-25(21-12-6-7-13-22(21)27)31(26)16-15-20-10-4-3-5-11-20/h3-7,10-13,18-19,23H,8-9,14-17H2,1-2H3,(H,28,32)/t18-,19+,23+/m1/s1. The maximum atomic E-state index is 14.5. The molecule has 1 N–H and O–H groups in total. The summed E-state index contributed by atoms with van der Waals surface area (Å²) in [6.07, 6.45) is 4.18. The van der Waals surface area contributed by atoms with E-state index in [1.54, 1.807) is 18.2 Å². The van der Waals surface area contributed by atoms with Crippen LogP contribution >= 0.6 is 11.8 Å². The van der Waals surface area contributed by atoms with Gasteiger partial charge in [-0.1, -0.05) is 80.9 Å². The van der Waals surface area contributed by atoms with Gasteiger partial charge in [0.25, 0.3) is 0 Å². The van der Waals surface area contributed by atoms with Gasteiger partial charge in [-0.2, -0.15) is 0 Å². The highest BCUT2D eigenvalue weighted by Gasteiger charge is 2.28. The minimum Gasteiger partial charge on any atom is -0.352 e. The van der Waals surface area contributed by atoms with Crippen LogP contribution in [0.25, 0.3) is 11.4 Å². The molecule has 7 heteroatoms. The van der Waals surface area contributed by atoms with Gasteiger partial charge in [0.2, 0.25) is 5.91 Å². The maximum Gasteiger partial charge on any atom is 0.230 e. The van der Waals surface area contributed by atoms with E-state index in [2.05, 4.69) is 41.5 Å². The van der Waals surface area contributed by atoms with E-state index in [4.69, 9.17) is 0 Å². The lowest BCUT2D eigenvalue weighted by atomic mass is 9.78. The van der Waals surface area contributed by atoms with Gasteiger partial charge < -0.3 is 9.88 Å². The number of hydrogen-bond acceptors (Lipinski definition) is 4. The van der Waals surface area contributed by atoms with Gasteiger partial charge in [-0.25, -0.2) is 4.39 Å². The number of halogens is 1. The molecule has 1 fully saturated rings. The summed E-state index contributed by atoms with van der Waals surface area (Å²) in [4.78, 5) is 12.7. The molecular weight excluding hydrogens is 435 g/mol. The summed E-state index contributed by atoms with van der Waals surface area (Å²) in [5.41, 5.74) is 1.60. The molecule has 3 atom stereocenters. The van der Waals surface area contributed by atoms with Crippen LogP contribution in [-0.2, 0) is 17.8 Å². The van der Waals surface area contributed by atoms with E-state index in [0.29, 0.717) is 34.9 Å². The van der Waals surface area contributed by atoms with Crippen molar-refractivity contribution in [3.8, 4) is 11.4 Å². The molecule has 1 amide bonds. The molecule has 33 heavy (non-hydrogen) atoms. The Kier molecular flexibility index (Phi) is 7.81. The zero-order valence-corrected chi connectivity index (χ0v) is 20.0. The molecule has 1 saturated carbocycles. The smallest absolute Gasteiger partial charge is 0.230 e. The number of carbonyl (C=O) groups is 1. The Balaban J connectivity index is 1.48. The highest BCUT2D eigenvalue weighted by atomic mass is 32.2. The number of nitrogens with zero attached hydrogens (tertiary/aromatic N) is 3. The highest BCUT2D eigenvalue weighted by molar-refractivity contribution is 7.99. The van der Waals surface area contributed by atoms with Crippen LogP contribution in [0.15, 0.2) is 59.8 Å². The van der Waals surface area contributed by atoms with E-state index >= 15 is 0 Å². The first-order valence-corrected chi connectivity index (χ1v) is 12.7. The fourth-order valence-electron chi connectivity index (χ4n) is 4.49. The van der Waals surface area contributed by atoms with Crippen LogP contribution in [0.2, 0.25) is 0 Å². The minimum absolute atomic E-state index is 0.0102. The number of thioether (sulfide) groups is 1. The average Bonchev–Trinajstić information content (AvgIpc) is 3.23. The Labute approximate surface area is 199 Å². The van der Waals surface area contributed by atoms with Gasteiger partial charge in [0.15, 0.2) is 11.0 Å². The molecule has 174 valence electrons. The second-order valence-electron chi connectivity index (χ2n) is 8.90. The first-order valence-electron chi connectivity index (χ1n) is 11.7. The van der Waals surface area contributed by atoms with Crippen LogP contribution in [0.3, 0.4) is 0 Å². The Hall–Kier alpha value is -2.67. The summed E-state index contributed by atoms with van der Waals surface area (Å²) in [5, 5.41) is 12.5. The number of carbonyl (C=O) groups excluding carboxylic acids is 1. The van der Waals surface area contributed by atoms with Crippen LogP contribution in [0, 0.1) is 17.7 Å². The lowest BCUT2D eigenvalue weighted by Crippen LogP contribution is -2.44. The van der Waals surface area contributed by atoms with Crippen molar-refractivity contribution >= 4 is 17.7 Å². The van der Waals surface area contributed by atoms with Gasteiger partial charge in [0.05, 0.1) is 11.3 Å². The van der Waals surface area contributed by atoms with Crippen LogP contribution in [-0.4, -0.2) is 32.5 Å². The summed E-state index contributed by atoms with van der Waals surface area (Å²) in [7, 11) is 0. The van der Waals surface area contributed by atoms with Crippen LogP contribution in [0.5, 0.6) is 0 Å². The van der Waals surface area contributed by atoms with Crippen molar-refractivity contribution in [2.24, 2.45) is 11.8 Å². The van der Waals surface area contributed by atoms with Crippen LogP contribution < -0.4 is 5.32 Å². The number of rotatable bonds is 8. The quantitative estimate of drug-likeness (QED) is 0.454. The van der Waals surface area contributed by atoms with E-state index in [1.807, 2.05) is 22.8 Å². The summed E-state index contributed by atoms with van der Waals surface area (Å²) in [6, 6.07) is 17.0. The highest BCUT2D eigenvalue weighted by Crippen LogP contribution is 2.30. The molecule has 2 aromatic carbocycles. The molecule has 0 bridgehead atoms. The topological polar surface area (TPSA) is 59.8 Å². The molecule has 0 spiro atoms. The summed E-state index contributed by atoms with van der Waals surface area (Å²) >= 11 is 1.36. The molecule has 1 aliphatic carbocycles. The maximum absolute atomic E-state index is 14.5. The van der Waals surface area contributed by atoms with Crippen molar-refractivity contribution < 1.29 is 9.18 Å². The number of benzene rings is 2. The number of amides is 1. The van der Waals surface area contributed by atoms with Crippen molar-refractivity contribution in [1.82, 2.24) is 20.1 Å². The fraction of sp³-hybridized carbons (Fsp3) is 0.423. The van der Waals surface area contributed by atoms with Gasteiger partial charge in [0.1, 0.15) is 5.82 Å². The third-order valence-corrected chi connectivity index (χ3v) is 7.65. The van der Waals surface area contributed by atoms with Gasteiger partial charge in [-0.05, 0) is 42.4 Å². The van der Waals surface area contributed by atoms with E-state index < -0.39 is 0 Å². The monoisotopic (exact) mass is 466 g/mol. The van der Waals surface area contributed by atoms with Crippen molar-refractivity contribution in [2.45, 2.75) is 57.3 Å². The second kappa shape index (κ2) is 11.0. The molecule has 1 aliphatic rings. The molecular formula is C26H31FN4OS. The molecule has 0 saturated heterocycles. The van der Waals surface area contributed by atoms with E-state index in [0.717, 1.165) is 19.3 Å². The zero-order chi connectivity index (χ0) is 23.2. The summed E-state index contributed by atoms with van der Waals surface area (Å²) in [6.45, 7) is 5.09. The fourth-order valence-corrected chi connectivity index (χ4v) is 5.26. The van der Waals surface area contributed by atoms with Crippen LogP contribution in [0.1, 0.15) is 38.7 Å². The summed E-state index contributed by atoms with van der Waals surface area (Å²) in [5.74, 6) is 1.53. The number of aryl methyl sites for hydroxylation is 1. The third kappa shape index (κ3) is 5.82. The second-order valence-corrected chi connectivity index (χ2v) is 9.85. The van der Waals surface area contributed by atoms with Crippen molar-refractivity contribution in [1.29, 1.82) is 0 Å². The molecule has 1 heterocycles. The Morgan fingerprint density at radius 3 is 2.64 bits per heavy atom. The van der Waals surface area contributed by atoms with E-state index in [-0.39, 0.29) is 23.5 Å². The number of aromatic nitrogens is 3.